The van der Waals surface area contributed by atoms with Crippen molar-refractivity contribution in [3.05, 3.63) is 11.6 Å². The number of nitrogens with zero attached hydrogens (tertiary/aromatic N) is 4. The van der Waals surface area contributed by atoms with Crippen LogP contribution in [0.1, 0.15) is 77.2 Å². The molecule has 0 bridgehead atoms. The predicted molar refractivity (Wildman–Crippen MR) is 99.7 cm³/mol. The van der Waals surface area contributed by atoms with Gasteiger partial charge in [0.2, 0.25) is 5.28 Å². The molecule has 0 unspecified atom stereocenters. The molecule has 0 atom stereocenters. The molecule has 0 spiro atoms. The molecule has 1 saturated carbocycles. The van der Waals surface area contributed by atoms with Gasteiger partial charge in [-0.1, -0.05) is 51.9 Å². The van der Waals surface area contributed by atoms with Gasteiger partial charge in [0.1, 0.15) is 0 Å². The first-order valence-electron chi connectivity index (χ1n) is 9.43. The Morgan fingerprint density at radius 2 is 1.88 bits per heavy atom. The van der Waals surface area contributed by atoms with E-state index in [9.17, 15) is 0 Å². The summed E-state index contributed by atoms with van der Waals surface area (Å²) >= 11 is 6.15. The van der Waals surface area contributed by atoms with Gasteiger partial charge in [0.15, 0.2) is 17.0 Å². The van der Waals surface area contributed by atoms with Crippen molar-refractivity contribution in [2.75, 3.05) is 11.9 Å². The fourth-order valence-electron chi connectivity index (χ4n) is 3.57. The van der Waals surface area contributed by atoms with E-state index in [2.05, 4.69) is 31.8 Å². The molecule has 1 aliphatic carbocycles. The molecule has 5 nitrogen and oxygen atoms in total. The summed E-state index contributed by atoms with van der Waals surface area (Å²) in [6, 6.07) is 0.507. The summed E-state index contributed by atoms with van der Waals surface area (Å²) in [6.45, 7) is 3.15. The van der Waals surface area contributed by atoms with Gasteiger partial charge < -0.3 is 9.88 Å². The molecular weight excluding hydrogens is 322 g/mol. The zero-order valence-corrected chi connectivity index (χ0v) is 15.4. The summed E-state index contributed by atoms with van der Waals surface area (Å²) in [7, 11) is 0. The van der Waals surface area contributed by atoms with Gasteiger partial charge in [0.05, 0.1) is 6.33 Å². The average Bonchev–Trinajstić information content (AvgIpc) is 3.22. The van der Waals surface area contributed by atoms with Crippen LogP contribution in [0.15, 0.2) is 6.33 Å². The number of unbranched alkanes of at least 4 members (excludes halogenated alkanes) is 5. The maximum absolute atomic E-state index is 6.15. The Morgan fingerprint density at radius 1 is 1.12 bits per heavy atom. The van der Waals surface area contributed by atoms with E-state index < -0.39 is 0 Å². The zero-order valence-electron chi connectivity index (χ0n) is 14.6. The maximum Gasteiger partial charge on any atom is 0.226 e. The number of hydrogen-bond donors (Lipinski definition) is 1. The van der Waals surface area contributed by atoms with Crippen LogP contribution in [0.3, 0.4) is 0 Å². The summed E-state index contributed by atoms with van der Waals surface area (Å²) < 4.78 is 2.19. The molecule has 24 heavy (non-hydrogen) atoms. The molecular formula is C18H28ClN5. The third-order valence-electron chi connectivity index (χ3n) is 4.93. The molecule has 1 fully saturated rings. The van der Waals surface area contributed by atoms with E-state index in [4.69, 9.17) is 11.6 Å². The van der Waals surface area contributed by atoms with Crippen LogP contribution in [0.5, 0.6) is 0 Å². The van der Waals surface area contributed by atoms with E-state index in [-0.39, 0.29) is 0 Å². The van der Waals surface area contributed by atoms with Crippen molar-refractivity contribution in [2.45, 2.75) is 77.2 Å². The van der Waals surface area contributed by atoms with Crippen molar-refractivity contribution in [3.63, 3.8) is 0 Å². The lowest BCUT2D eigenvalue weighted by Gasteiger charge is -2.12. The Hall–Kier alpha value is -1.36. The van der Waals surface area contributed by atoms with E-state index in [0.29, 0.717) is 11.3 Å². The van der Waals surface area contributed by atoms with E-state index in [0.717, 1.165) is 29.9 Å². The highest BCUT2D eigenvalue weighted by Gasteiger charge is 2.21. The molecule has 0 aliphatic heterocycles. The number of anilines is 1. The second kappa shape index (κ2) is 8.65. The van der Waals surface area contributed by atoms with Crippen molar-refractivity contribution in [1.82, 2.24) is 19.5 Å². The molecule has 1 aliphatic rings. The van der Waals surface area contributed by atoms with Gasteiger partial charge in [-0.05, 0) is 30.9 Å². The SMILES string of the molecule is CCCCCCCCNc1nc(Cl)nc2c1ncn2C1CCCC1. The van der Waals surface area contributed by atoms with Gasteiger partial charge in [-0.25, -0.2) is 4.98 Å². The molecule has 2 aromatic heterocycles. The van der Waals surface area contributed by atoms with Gasteiger partial charge in [-0.15, -0.1) is 0 Å². The molecule has 0 aromatic carbocycles. The number of rotatable bonds is 9. The fourth-order valence-corrected chi connectivity index (χ4v) is 3.74. The van der Waals surface area contributed by atoms with Crippen LogP contribution in [0, 0.1) is 0 Å². The zero-order chi connectivity index (χ0) is 16.8. The monoisotopic (exact) mass is 349 g/mol. The molecule has 2 aromatic rings. The number of aromatic nitrogens is 4. The minimum atomic E-state index is 0.299. The summed E-state index contributed by atoms with van der Waals surface area (Å²) in [6.07, 6.45) is 14.6. The molecule has 0 radical (unpaired) electrons. The Kier molecular flexibility index (Phi) is 6.30. The van der Waals surface area contributed by atoms with Crippen molar-refractivity contribution < 1.29 is 0 Å². The lowest BCUT2D eigenvalue weighted by atomic mass is 10.1. The number of imidazole rings is 1. The van der Waals surface area contributed by atoms with E-state index >= 15 is 0 Å². The second-order valence-corrected chi connectivity index (χ2v) is 7.14. The third kappa shape index (κ3) is 4.18. The van der Waals surface area contributed by atoms with Gasteiger partial charge in [0, 0.05) is 12.6 Å². The number of hydrogen-bond acceptors (Lipinski definition) is 4. The first-order chi connectivity index (χ1) is 11.8. The summed E-state index contributed by atoms with van der Waals surface area (Å²) in [5.41, 5.74) is 1.71. The molecule has 0 saturated heterocycles. The first kappa shape index (κ1) is 17.5. The van der Waals surface area contributed by atoms with Crippen molar-refractivity contribution in [2.24, 2.45) is 0 Å². The van der Waals surface area contributed by atoms with E-state index in [1.807, 2.05) is 6.33 Å². The van der Waals surface area contributed by atoms with E-state index in [1.54, 1.807) is 0 Å². The fraction of sp³-hybridized carbons (Fsp3) is 0.722. The average molecular weight is 350 g/mol. The smallest absolute Gasteiger partial charge is 0.226 e. The molecule has 3 rings (SSSR count). The Bertz CT molecular complexity index is 648. The maximum atomic E-state index is 6.15. The van der Waals surface area contributed by atoms with Crippen LogP contribution in [-0.4, -0.2) is 26.1 Å². The van der Waals surface area contributed by atoms with E-state index in [1.165, 1.54) is 57.8 Å². The van der Waals surface area contributed by atoms with Crippen LogP contribution in [0.2, 0.25) is 5.28 Å². The Labute approximate surface area is 149 Å². The van der Waals surface area contributed by atoms with Crippen molar-refractivity contribution in [1.29, 1.82) is 0 Å². The summed E-state index contributed by atoms with van der Waals surface area (Å²) in [4.78, 5) is 13.4. The molecule has 1 N–H and O–H groups in total. The topological polar surface area (TPSA) is 55.6 Å². The predicted octanol–water partition coefficient (Wildman–Crippen LogP) is 5.37. The number of halogens is 1. The van der Waals surface area contributed by atoms with Crippen LogP contribution in [0.25, 0.3) is 11.2 Å². The Balaban J connectivity index is 1.63. The lowest BCUT2D eigenvalue weighted by Crippen LogP contribution is -2.07. The van der Waals surface area contributed by atoms with Gasteiger partial charge in [-0.3, -0.25) is 0 Å². The van der Waals surface area contributed by atoms with Gasteiger partial charge >= 0.3 is 0 Å². The van der Waals surface area contributed by atoms with Crippen LogP contribution in [-0.2, 0) is 0 Å². The minimum Gasteiger partial charge on any atom is -0.368 e. The largest absolute Gasteiger partial charge is 0.368 e. The van der Waals surface area contributed by atoms with Crippen molar-refractivity contribution >= 4 is 28.6 Å². The third-order valence-corrected chi connectivity index (χ3v) is 5.10. The summed E-state index contributed by atoms with van der Waals surface area (Å²) in [5, 5.41) is 3.71. The Morgan fingerprint density at radius 3 is 2.67 bits per heavy atom. The standard InChI is InChI=1S/C18H28ClN5/c1-2-3-4-5-6-9-12-20-16-15-17(23-18(19)22-16)24(13-21-15)14-10-7-8-11-14/h13-14H,2-12H2,1H3,(H,20,22,23). The minimum absolute atomic E-state index is 0.299. The molecule has 2 heterocycles. The van der Waals surface area contributed by atoms with Gasteiger partial charge in [0.25, 0.3) is 0 Å². The first-order valence-corrected chi connectivity index (χ1v) is 9.81. The van der Waals surface area contributed by atoms with Crippen LogP contribution in [0.4, 0.5) is 5.82 Å². The van der Waals surface area contributed by atoms with Crippen LogP contribution >= 0.6 is 11.6 Å². The van der Waals surface area contributed by atoms with Crippen LogP contribution < -0.4 is 5.32 Å². The lowest BCUT2D eigenvalue weighted by molar-refractivity contribution is 0.529. The molecule has 6 heteroatoms. The summed E-state index contributed by atoms with van der Waals surface area (Å²) in [5.74, 6) is 0.773. The highest BCUT2D eigenvalue weighted by molar-refractivity contribution is 6.28. The highest BCUT2D eigenvalue weighted by atomic mass is 35.5. The molecule has 132 valence electrons. The van der Waals surface area contributed by atoms with Crippen molar-refractivity contribution in [3.8, 4) is 0 Å². The number of nitrogens with one attached hydrogen (secondary N) is 1. The highest BCUT2D eigenvalue weighted by Crippen LogP contribution is 2.32. The van der Waals surface area contributed by atoms with Gasteiger partial charge in [-0.2, -0.15) is 9.97 Å². The second-order valence-electron chi connectivity index (χ2n) is 6.80. The quantitative estimate of drug-likeness (QED) is 0.488. The molecule has 0 amide bonds. The normalized spacial score (nSPS) is 15.4. The number of fused-ring (bicyclic) bond motifs is 1.